The number of aryl methyl sites for hydroxylation is 1. The van der Waals surface area contributed by atoms with E-state index in [0.29, 0.717) is 19.4 Å². The summed E-state index contributed by atoms with van der Waals surface area (Å²) in [5.41, 5.74) is 2.15. The predicted molar refractivity (Wildman–Crippen MR) is 112 cm³/mol. The summed E-state index contributed by atoms with van der Waals surface area (Å²) in [6.07, 6.45) is 0.464. The van der Waals surface area contributed by atoms with Crippen molar-refractivity contribution in [2.24, 2.45) is 0 Å². The van der Waals surface area contributed by atoms with Crippen molar-refractivity contribution < 1.29 is 17.9 Å². The number of ether oxygens (including phenoxy) is 1. The van der Waals surface area contributed by atoms with Gasteiger partial charge in [-0.3, -0.25) is 0 Å². The first kappa shape index (κ1) is 21.1. The maximum absolute atomic E-state index is 13.0. The van der Waals surface area contributed by atoms with E-state index >= 15 is 0 Å². The lowest BCUT2D eigenvalue weighted by molar-refractivity contribution is 0.306. The highest BCUT2D eigenvalue weighted by Crippen LogP contribution is 2.29. The van der Waals surface area contributed by atoms with Crippen LogP contribution in [0.5, 0.6) is 5.75 Å². The summed E-state index contributed by atoms with van der Waals surface area (Å²) in [7, 11) is 0. The van der Waals surface area contributed by atoms with Crippen LogP contribution >= 0.6 is 11.8 Å². The van der Waals surface area contributed by atoms with Crippen LogP contribution in [0.15, 0.2) is 95.9 Å². The van der Waals surface area contributed by atoms with E-state index < -0.39 is 6.08 Å². The lowest BCUT2D eigenvalue weighted by atomic mass is 10.1. The molecule has 0 saturated heterocycles. The number of hydrogen-bond donors (Lipinski definition) is 0. The molecule has 3 aromatic carbocycles. The van der Waals surface area contributed by atoms with Gasteiger partial charge in [-0.25, -0.2) is 4.39 Å². The fraction of sp³-hybridized carbons (Fsp3) is 0.167. The van der Waals surface area contributed by atoms with E-state index in [0.717, 1.165) is 27.8 Å². The number of thioether (sulfide) groups is 1. The zero-order valence-electron chi connectivity index (χ0n) is 15.7. The summed E-state index contributed by atoms with van der Waals surface area (Å²) in [5.74, 6) is 0.428. The predicted octanol–water partition coefficient (Wildman–Crippen LogP) is 7.28. The number of halogens is 3. The highest BCUT2D eigenvalue weighted by Gasteiger charge is 2.11. The molecule has 1 nitrogen and oxygen atoms in total. The number of benzene rings is 3. The van der Waals surface area contributed by atoms with Gasteiger partial charge in [0.25, 0.3) is 6.08 Å². The fourth-order valence-electron chi connectivity index (χ4n) is 2.81. The molecule has 0 aliphatic rings. The molecule has 0 aromatic heterocycles. The smallest absolute Gasteiger partial charge is 0.267 e. The van der Waals surface area contributed by atoms with Crippen molar-refractivity contribution in [3.05, 3.63) is 108 Å². The van der Waals surface area contributed by atoms with Gasteiger partial charge in [0.1, 0.15) is 18.2 Å². The molecular formula is C24H21F3OS. The molecule has 0 saturated carbocycles. The highest BCUT2D eigenvalue weighted by molar-refractivity contribution is 8.00. The molecular weight excluding hydrogens is 393 g/mol. The van der Waals surface area contributed by atoms with E-state index in [4.69, 9.17) is 4.74 Å². The summed E-state index contributed by atoms with van der Waals surface area (Å²) in [5, 5.41) is -0.389. The van der Waals surface area contributed by atoms with E-state index in [1.54, 1.807) is 12.1 Å². The van der Waals surface area contributed by atoms with E-state index in [9.17, 15) is 13.2 Å². The van der Waals surface area contributed by atoms with Gasteiger partial charge < -0.3 is 4.74 Å². The third kappa shape index (κ3) is 7.35. The van der Waals surface area contributed by atoms with Gasteiger partial charge in [-0.05, 0) is 66.4 Å². The van der Waals surface area contributed by atoms with E-state index in [2.05, 4.69) is 0 Å². The molecule has 0 bridgehead atoms. The Kier molecular flexibility index (Phi) is 7.82. The normalized spacial score (nSPS) is 11.7. The zero-order chi connectivity index (χ0) is 20.5. The standard InChI is InChI=1S/C24H21F3OS/c25-20-9-14-22(15-10-20)29-23(16-24(26)27)13-8-18-6-11-21(12-7-18)28-17-19-4-2-1-3-5-19/h1-7,9-12,14-16,23H,8,13,17H2/t23-/m1/s1. The first-order chi connectivity index (χ1) is 14.1. The van der Waals surface area contributed by atoms with Crippen LogP contribution in [0, 0.1) is 5.82 Å². The van der Waals surface area contributed by atoms with Gasteiger partial charge in [-0.2, -0.15) is 8.78 Å². The molecule has 0 radical (unpaired) electrons. The van der Waals surface area contributed by atoms with Gasteiger partial charge in [0, 0.05) is 10.1 Å². The minimum Gasteiger partial charge on any atom is -0.489 e. The second-order valence-corrected chi connectivity index (χ2v) is 7.84. The second kappa shape index (κ2) is 10.8. The largest absolute Gasteiger partial charge is 0.489 e. The Balaban J connectivity index is 1.54. The van der Waals surface area contributed by atoms with Crippen LogP contribution in [0.25, 0.3) is 0 Å². The van der Waals surface area contributed by atoms with Gasteiger partial charge in [0.2, 0.25) is 0 Å². The lowest BCUT2D eigenvalue weighted by Gasteiger charge is -2.13. The molecule has 3 aromatic rings. The molecule has 0 aliphatic heterocycles. The quantitative estimate of drug-likeness (QED) is 0.340. The molecule has 0 unspecified atom stereocenters. The first-order valence-electron chi connectivity index (χ1n) is 9.29. The third-order valence-corrected chi connectivity index (χ3v) is 5.52. The lowest BCUT2D eigenvalue weighted by Crippen LogP contribution is -2.02. The Morgan fingerprint density at radius 1 is 0.862 bits per heavy atom. The monoisotopic (exact) mass is 414 g/mol. The SMILES string of the molecule is FC(F)=C[C@@H](CCc1ccc(OCc2ccccc2)cc1)Sc1ccc(F)cc1. The maximum Gasteiger partial charge on any atom is 0.267 e. The number of rotatable bonds is 9. The molecule has 3 rings (SSSR count). The van der Waals surface area contributed by atoms with Crippen LogP contribution in [-0.2, 0) is 13.0 Å². The second-order valence-electron chi connectivity index (χ2n) is 6.52. The van der Waals surface area contributed by atoms with Crippen LogP contribution < -0.4 is 4.74 Å². The van der Waals surface area contributed by atoms with E-state index in [1.807, 2.05) is 54.6 Å². The molecule has 0 spiro atoms. The van der Waals surface area contributed by atoms with Crippen LogP contribution in [0.3, 0.4) is 0 Å². The molecule has 1 atom stereocenters. The van der Waals surface area contributed by atoms with Crippen molar-refractivity contribution >= 4 is 11.8 Å². The van der Waals surface area contributed by atoms with Crippen molar-refractivity contribution in [3.8, 4) is 5.75 Å². The van der Waals surface area contributed by atoms with Crippen molar-refractivity contribution in [2.45, 2.75) is 29.6 Å². The zero-order valence-corrected chi connectivity index (χ0v) is 16.5. The van der Waals surface area contributed by atoms with Gasteiger partial charge in [-0.15, -0.1) is 11.8 Å². The molecule has 150 valence electrons. The summed E-state index contributed by atoms with van der Waals surface area (Å²) in [6.45, 7) is 0.497. The fourth-order valence-corrected chi connectivity index (χ4v) is 3.86. The van der Waals surface area contributed by atoms with Crippen LogP contribution in [0.2, 0.25) is 0 Å². The van der Waals surface area contributed by atoms with Crippen molar-refractivity contribution in [1.29, 1.82) is 0 Å². The van der Waals surface area contributed by atoms with Gasteiger partial charge in [0.15, 0.2) is 0 Å². The minimum atomic E-state index is -1.70. The van der Waals surface area contributed by atoms with Crippen LogP contribution in [-0.4, -0.2) is 5.25 Å². The molecule has 0 fully saturated rings. The third-order valence-electron chi connectivity index (χ3n) is 4.30. The average molecular weight is 414 g/mol. The van der Waals surface area contributed by atoms with Crippen molar-refractivity contribution in [3.63, 3.8) is 0 Å². The van der Waals surface area contributed by atoms with E-state index in [1.165, 1.54) is 23.9 Å². The average Bonchev–Trinajstić information content (AvgIpc) is 2.73. The molecule has 0 heterocycles. The maximum atomic E-state index is 13.0. The Bertz CT molecular complexity index is 905. The molecule has 29 heavy (non-hydrogen) atoms. The van der Waals surface area contributed by atoms with E-state index in [-0.39, 0.29) is 11.1 Å². The molecule has 0 N–H and O–H groups in total. The Morgan fingerprint density at radius 3 is 2.21 bits per heavy atom. The minimum absolute atomic E-state index is 0.340. The number of hydrogen-bond acceptors (Lipinski definition) is 2. The van der Waals surface area contributed by atoms with Gasteiger partial charge >= 0.3 is 0 Å². The Hall–Kier alpha value is -2.66. The Labute approximate surface area is 173 Å². The summed E-state index contributed by atoms with van der Waals surface area (Å²) in [4.78, 5) is 0.763. The highest BCUT2D eigenvalue weighted by atomic mass is 32.2. The molecule has 0 amide bonds. The van der Waals surface area contributed by atoms with Gasteiger partial charge in [0.05, 0.1) is 0 Å². The van der Waals surface area contributed by atoms with Crippen LogP contribution in [0.4, 0.5) is 13.2 Å². The summed E-state index contributed by atoms with van der Waals surface area (Å²) in [6, 6.07) is 23.5. The summed E-state index contributed by atoms with van der Waals surface area (Å²) >= 11 is 1.31. The molecule has 5 heteroatoms. The topological polar surface area (TPSA) is 9.23 Å². The van der Waals surface area contributed by atoms with Crippen LogP contribution in [0.1, 0.15) is 17.5 Å². The molecule has 0 aliphatic carbocycles. The van der Waals surface area contributed by atoms with Crippen molar-refractivity contribution in [1.82, 2.24) is 0 Å². The Morgan fingerprint density at radius 2 is 1.55 bits per heavy atom. The van der Waals surface area contributed by atoms with Crippen molar-refractivity contribution in [2.75, 3.05) is 0 Å². The first-order valence-corrected chi connectivity index (χ1v) is 10.2. The van der Waals surface area contributed by atoms with Gasteiger partial charge in [-0.1, -0.05) is 42.5 Å². The summed E-state index contributed by atoms with van der Waals surface area (Å²) < 4.78 is 44.5.